The number of aryl methyl sites for hydroxylation is 1. The Labute approximate surface area is 195 Å². The van der Waals surface area contributed by atoms with E-state index < -0.39 is 0 Å². The highest BCUT2D eigenvalue weighted by Crippen LogP contribution is 2.29. The number of thioether (sulfide) groups is 2. The molecule has 0 bridgehead atoms. The number of para-hydroxylation sites is 1. The summed E-state index contributed by atoms with van der Waals surface area (Å²) in [5.41, 5.74) is 2.93. The molecule has 0 spiro atoms. The van der Waals surface area contributed by atoms with Crippen LogP contribution in [0.4, 0.5) is 5.69 Å². The number of hydrogen-bond donors (Lipinski definition) is 1. The van der Waals surface area contributed by atoms with E-state index >= 15 is 0 Å². The van der Waals surface area contributed by atoms with E-state index in [-0.39, 0.29) is 5.91 Å². The molecule has 0 saturated heterocycles. The number of nitrogens with zero attached hydrogens (tertiary/aromatic N) is 3. The van der Waals surface area contributed by atoms with E-state index in [4.69, 9.17) is 4.42 Å². The molecule has 4 rings (SSSR count). The highest BCUT2D eigenvalue weighted by atomic mass is 32.2. The van der Waals surface area contributed by atoms with Gasteiger partial charge in [-0.05, 0) is 36.9 Å². The van der Waals surface area contributed by atoms with E-state index in [0.717, 1.165) is 38.5 Å². The van der Waals surface area contributed by atoms with Crippen molar-refractivity contribution >= 4 is 35.1 Å². The number of aromatic nitrogens is 3. The summed E-state index contributed by atoms with van der Waals surface area (Å²) in [6.45, 7) is 2.56. The minimum absolute atomic E-state index is 0.0148. The lowest BCUT2D eigenvalue weighted by Crippen LogP contribution is -2.13. The maximum Gasteiger partial charge on any atom is 0.225 e. The second-order valence-electron chi connectivity index (χ2n) is 7.12. The third-order valence-corrected chi connectivity index (χ3v) is 6.71. The molecule has 2 aromatic heterocycles. The van der Waals surface area contributed by atoms with Crippen LogP contribution in [0.15, 0.2) is 81.4 Å². The number of carbonyl (C=O) groups excluding carboxylic acids is 1. The summed E-state index contributed by atoms with van der Waals surface area (Å²) in [6, 6.07) is 19.9. The monoisotopic (exact) mass is 464 g/mol. The predicted octanol–water partition coefficient (Wildman–Crippen LogP) is 5.74. The summed E-state index contributed by atoms with van der Waals surface area (Å²) >= 11 is 3.15. The van der Waals surface area contributed by atoms with Gasteiger partial charge in [-0.25, -0.2) is 0 Å². The zero-order valence-corrected chi connectivity index (χ0v) is 19.6. The lowest BCUT2D eigenvalue weighted by atomic mass is 10.2. The number of furan rings is 1. The van der Waals surface area contributed by atoms with Gasteiger partial charge in [-0.1, -0.05) is 54.2 Å². The van der Waals surface area contributed by atoms with E-state index in [1.807, 2.05) is 61.7 Å². The van der Waals surface area contributed by atoms with Crippen LogP contribution < -0.4 is 5.32 Å². The highest BCUT2D eigenvalue weighted by Gasteiger charge is 2.18. The molecule has 2 heterocycles. The van der Waals surface area contributed by atoms with Crippen LogP contribution in [0.3, 0.4) is 0 Å². The molecule has 0 aliphatic rings. The van der Waals surface area contributed by atoms with Crippen LogP contribution in [0.1, 0.15) is 17.7 Å². The Bertz CT molecular complexity index is 1190. The molecule has 32 heavy (non-hydrogen) atoms. The zero-order valence-electron chi connectivity index (χ0n) is 17.9. The first-order valence-electron chi connectivity index (χ1n) is 10.2. The van der Waals surface area contributed by atoms with Gasteiger partial charge in [0, 0.05) is 17.1 Å². The molecule has 0 saturated carbocycles. The summed E-state index contributed by atoms with van der Waals surface area (Å²) in [6.07, 6.45) is 4.04. The largest absolute Gasteiger partial charge is 0.469 e. The first-order valence-corrected chi connectivity index (χ1v) is 12.4. The Morgan fingerprint density at radius 1 is 1.06 bits per heavy atom. The van der Waals surface area contributed by atoms with Crippen molar-refractivity contribution in [2.24, 2.45) is 0 Å². The maximum absolute atomic E-state index is 12.5. The smallest absolute Gasteiger partial charge is 0.225 e. The predicted molar refractivity (Wildman–Crippen MR) is 130 cm³/mol. The SMILES string of the molecule is CSc1ccccc1NC(=O)CCSc1nnc(-c2ccoc2C)n1Cc1ccccc1. The van der Waals surface area contributed by atoms with Gasteiger partial charge in [0.2, 0.25) is 5.91 Å². The number of benzene rings is 2. The lowest BCUT2D eigenvalue weighted by molar-refractivity contribution is -0.115. The van der Waals surface area contributed by atoms with Crippen LogP contribution in [0, 0.1) is 6.92 Å². The summed E-state index contributed by atoms with van der Waals surface area (Å²) in [7, 11) is 0. The molecule has 1 amide bonds. The zero-order chi connectivity index (χ0) is 22.3. The van der Waals surface area contributed by atoms with E-state index in [0.29, 0.717) is 18.7 Å². The summed E-state index contributed by atoms with van der Waals surface area (Å²) < 4.78 is 7.56. The van der Waals surface area contributed by atoms with Crippen LogP contribution in [0.2, 0.25) is 0 Å². The number of rotatable bonds is 9. The highest BCUT2D eigenvalue weighted by molar-refractivity contribution is 7.99. The molecule has 0 fully saturated rings. The second kappa shape index (κ2) is 10.6. The molecule has 0 aliphatic carbocycles. The normalized spacial score (nSPS) is 10.9. The van der Waals surface area contributed by atoms with Gasteiger partial charge in [0.1, 0.15) is 5.76 Å². The Morgan fingerprint density at radius 2 is 1.84 bits per heavy atom. The molecule has 4 aromatic rings. The third-order valence-electron chi connectivity index (χ3n) is 4.94. The van der Waals surface area contributed by atoms with Crippen LogP contribution in [-0.4, -0.2) is 32.7 Å². The van der Waals surface area contributed by atoms with Crippen molar-refractivity contribution < 1.29 is 9.21 Å². The molecule has 0 unspecified atom stereocenters. The summed E-state index contributed by atoms with van der Waals surface area (Å²) in [5, 5.41) is 12.6. The van der Waals surface area contributed by atoms with Crippen molar-refractivity contribution in [2.45, 2.75) is 29.9 Å². The Kier molecular flexibility index (Phi) is 7.34. The number of carbonyl (C=O) groups is 1. The van der Waals surface area contributed by atoms with E-state index in [1.165, 1.54) is 11.8 Å². The fraction of sp³-hybridized carbons (Fsp3) is 0.208. The van der Waals surface area contributed by atoms with Crippen LogP contribution in [0.25, 0.3) is 11.4 Å². The van der Waals surface area contributed by atoms with Crippen molar-refractivity contribution in [1.82, 2.24) is 14.8 Å². The van der Waals surface area contributed by atoms with Gasteiger partial charge in [0.15, 0.2) is 11.0 Å². The third kappa shape index (κ3) is 5.26. The van der Waals surface area contributed by atoms with Crippen LogP contribution in [0.5, 0.6) is 0 Å². The quantitative estimate of drug-likeness (QED) is 0.319. The average molecular weight is 465 g/mol. The van der Waals surface area contributed by atoms with Crippen molar-refractivity contribution in [1.29, 1.82) is 0 Å². The summed E-state index contributed by atoms with van der Waals surface area (Å²) in [4.78, 5) is 13.5. The maximum atomic E-state index is 12.5. The average Bonchev–Trinajstić information content (AvgIpc) is 3.40. The molecule has 2 aromatic carbocycles. The molecule has 6 nitrogen and oxygen atoms in total. The van der Waals surface area contributed by atoms with Crippen molar-refractivity contribution in [3.8, 4) is 11.4 Å². The fourth-order valence-electron chi connectivity index (χ4n) is 3.32. The molecule has 1 N–H and O–H groups in total. The van der Waals surface area contributed by atoms with E-state index in [9.17, 15) is 4.79 Å². The Morgan fingerprint density at radius 3 is 2.59 bits per heavy atom. The first-order chi connectivity index (χ1) is 15.7. The standard InChI is InChI=1S/C24H24N4O2S2/c1-17-19(12-14-30-17)23-26-27-24(28(23)16-18-8-4-3-5-9-18)32-15-13-22(29)25-20-10-6-7-11-21(20)31-2/h3-12,14H,13,15-16H2,1-2H3,(H,25,29). The molecule has 164 valence electrons. The summed E-state index contributed by atoms with van der Waals surface area (Å²) in [5.74, 6) is 2.15. The van der Waals surface area contributed by atoms with Gasteiger partial charge in [-0.2, -0.15) is 0 Å². The van der Waals surface area contributed by atoms with Crippen molar-refractivity contribution in [2.75, 3.05) is 17.3 Å². The molecular weight excluding hydrogens is 440 g/mol. The molecule has 0 radical (unpaired) electrons. The fourth-order valence-corrected chi connectivity index (χ4v) is 4.74. The Hall–Kier alpha value is -2.97. The van der Waals surface area contributed by atoms with E-state index in [1.54, 1.807) is 18.0 Å². The van der Waals surface area contributed by atoms with Crippen molar-refractivity contribution in [3.05, 3.63) is 78.3 Å². The van der Waals surface area contributed by atoms with Gasteiger partial charge in [0.25, 0.3) is 0 Å². The van der Waals surface area contributed by atoms with Gasteiger partial charge < -0.3 is 9.73 Å². The van der Waals surface area contributed by atoms with Crippen LogP contribution in [-0.2, 0) is 11.3 Å². The van der Waals surface area contributed by atoms with E-state index in [2.05, 4.69) is 32.2 Å². The minimum atomic E-state index is -0.0148. The van der Waals surface area contributed by atoms with Gasteiger partial charge in [0.05, 0.1) is 24.1 Å². The second-order valence-corrected chi connectivity index (χ2v) is 9.03. The van der Waals surface area contributed by atoms with Crippen LogP contribution >= 0.6 is 23.5 Å². The van der Waals surface area contributed by atoms with Gasteiger partial charge in [-0.15, -0.1) is 22.0 Å². The topological polar surface area (TPSA) is 73.0 Å². The molecule has 0 atom stereocenters. The number of amides is 1. The minimum Gasteiger partial charge on any atom is -0.469 e. The lowest BCUT2D eigenvalue weighted by Gasteiger charge is -2.11. The molecular formula is C24H24N4O2S2. The van der Waals surface area contributed by atoms with Gasteiger partial charge in [-0.3, -0.25) is 9.36 Å². The van der Waals surface area contributed by atoms with Crippen molar-refractivity contribution in [3.63, 3.8) is 0 Å². The number of anilines is 1. The van der Waals surface area contributed by atoms with Gasteiger partial charge >= 0.3 is 0 Å². The number of hydrogen-bond acceptors (Lipinski definition) is 6. The number of nitrogens with one attached hydrogen (secondary N) is 1. The molecule has 8 heteroatoms. The molecule has 0 aliphatic heterocycles. The Balaban J connectivity index is 1.46. The first kappa shape index (κ1) is 22.2.